The second kappa shape index (κ2) is 9.94. The van der Waals surface area contributed by atoms with Gasteiger partial charge in [0.05, 0.1) is 35.7 Å². The molecule has 8 atom stereocenters. The summed E-state index contributed by atoms with van der Waals surface area (Å²) in [7, 11) is 0. The molecule has 2 aromatic carbocycles. The molecule has 4 aliphatic heterocycles. The third kappa shape index (κ3) is 3.70. The van der Waals surface area contributed by atoms with Gasteiger partial charge < -0.3 is 15.0 Å². The topological polar surface area (TPSA) is 36.9 Å². The van der Waals surface area contributed by atoms with Crippen molar-refractivity contribution >= 4 is 11.4 Å². The van der Waals surface area contributed by atoms with Crippen molar-refractivity contribution in [3.05, 3.63) is 124 Å². The van der Waals surface area contributed by atoms with Crippen molar-refractivity contribution in [1.29, 1.82) is 0 Å². The van der Waals surface area contributed by atoms with Gasteiger partial charge in [-0.1, -0.05) is 91.8 Å². The lowest BCUT2D eigenvalue weighted by Gasteiger charge is -2.45. The number of dihydropyridines is 2. The Morgan fingerprint density at radius 2 is 1.77 bits per heavy atom. The first-order valence-corrected chi connectivity index (χ1v) is 17.3. The minimum Gasteiger partial charge on any atom is -0.373 e. The minimum atomic E-state index is 0.115. The zero-order valence-corrected chi connectivity index (χ0v) is 25.4. The number of benzene rings is 2. The summed E-state index contributed by atoms with van der Waals surface area (Å²) < 4.78 is 7.05. The molecule has 1 saturated carbocycles. The van der Waals surface area contributed by atoms with Crippen LogP contribution in [-0.4, -0.2) is 30.4 Å². The smallest absolute Gasteiger partial charge is 0.0872 e. The monoisotopic (exact) mass is 579 g/mol. The van der Waals surface area contributed by atoms with E-state index in [2.05, 4.69) is 95.2 Å². The number of para-hydroxylation sites is 1. The highest BCUT2D eigenvalue weighted by molar-refractivity contribution is 6.14. The number of rotatable bonds is 2. The van der Waals surface area contributed by atoms with Crippen LogP contribution in [0, 0.1) is 11.8 Å². The number of hydrogen-bond acceptors (Lipinski definition) is 4. The second-order valence-corrected chi connectivity index (χ2v) is 14.2. The maximum atomic E-state index is 7.05. The van der Waals surface area contributed by atoms with Gasteiger partial charge >= 0.3 is 0 Å². The van der Waals surface area contributed by atoms with E-state index in [-0.39, 0.29) is 18.2 Å². The number of nitrogens with zero attached hydrogens (tertiary/aromatic N) is 2. The number of hydrogen-bond donors (Lipinski definition) is 1. The van der Waals surface area contributed by atoms with Gasteiger partial charge in [0, 0.05) is 36.0 Å². The molecule has 4 heteroatoms. The summed E-state index contributed by atoms with van der Waals surface area (Å²) in [6.45, 7) is 0.904. The van der Waals surface area contributed by atoms with Gasteiger partial charge in [-0.05, 0) is 78.0 Å². The number of aliphatic imine (C=N–C) groups is 1. The van der Waals surface area contributed by atoms with E-state index in [0.717, 1.165) is 32.2 Å². The molecule has 222 valence electrons. The van der Waals surface area contributed by atoms with E-state index in [4.69, 9.17) is 9.73 Å². The molecule has 0 radical (unpaired) electrons. The SMILES string of the molecule is C1=CC2OC3c4ccccc4C(N4c5ccccc5C5CCCCC54)CC3C2C(C2C=CC3=C(N2)C2=NCCC=C2CC3)=C1. The Labute approximate surface area is 261 Å². The Balaban J connectivity index is 1.02. The van der Waals surface area contributed by atoms with Crippen LogP contribution >= 0.6 is 0 Å². The standard InChI is InChI=1S/C40H41N3O/c1-2-13-29-28(12-1)35(43-33-15-5-3-10-26(33)27-11-4-6-16-34(27)43)23-31-37-30(14-7-17-36(37)44-40(29)31)32-21-20-25-19-18-24-9-8-22-41-38(24)39(25)42-32/h1-3,5,7,9-10,12-15,17,20-21,27,31-32,34-37,40,42H,4,6,8,11,16,18-19,22-23H2. The molecule has 4 aliphatic carbocycles. The molecule has 0 aromatic heterocycles. The van der Waals surface area contributed by atoms with E-state index in [1.807, 2.05) is 0 Å². The summed E-state index contributed by atoms with van der Waals surface area (Å²) in [5.41, 5.74) is 12.8. The molecule has 4 heterocycles. The normalized spacial score (nSPS) is 36.0. The van der Waals surface area contributed by atoms with Gasteiger partial charge in [0.25, 0.3) is 0 Å². The van der Waals surface area contributed by atoms with Crippen LogP contribution in [-0.2, 0) is 4.74 Å². The lowest BCUT2D eigenvalue weighted by atomic mass is 9.68. The Kier molecular flexibility index (Phi) is 5.80. The summed E-state index contributed by atoms with van der Waals surface area (Å²) in [6.07, 6.45) is 24.2. The van der Waals surface area contributed by atoms with Crippen LogP contribution in [0.3, 0.4) is 0 Å². The Bertz CT molecular complexity index is 1720. The van der Waals surface area contributed by atoms with Gasteiger partial charge in [0.1, 0.15) is 0 Å². The molecule has 0 amide bonds. The molecule has 2 aromatic rings. The van der Waals surface area contributed by atoms with Crippen molar-refractivity contribution in [2.45, 2.75) is 87.6 Å². The van der Waals surface area contributed by atoms with E-state index in [9.17, 15) is 0 Å². The fourth-order valence-electron chi connectivity index (χ4n) is 10.4. The number of anilines is 1. The van der Waals surface area contributed by atoms with E-state index < -0.39 is 0 Å². The molecule has 0 spiro atoms. The van der Waals surface area contributed by atoms with E-state index in [1.165, 1.54) is 70.6 Å². The molecule has 0 bridgehead atoms. The highest BCUT2D eigenvalue weighted by Gasteiger charge is 2.54. The molecule has 10 rings (SSSR count). The summed E-state index contributed by atoms with van der Waals surface area (Å²) in [5, 5.41) is 4.02. The fraction of sp³-hybridized carbons (Fsp3) is 0.425. The lowest BCUT2D eigenvalue weighted by Crippen LogP contribution is -2.44. The van der Waals surface area contributed by atoms with Gasteiger partial charge in [0.2, 0.25) is 0 Å². The molecule has 4 nitrogen and oxygen atoms in total. The van der Waals surface area contributed by atoms with E-state index >= 15 is 0 Å². The number of nitrogens with one attached hydrogen (secondary N) is 1. The van der Waals surface area contributed by atoms with Crippen molar-refractivity contribution < 1.29 is 4.74 Å². The summed E-state index contributed by atoms with van der Waals surface area (Å²) in [5.74, 6) is 1.46. The van der Waals surface area contributed by atoms with Crippen LogP contribution in [0.1, 0.15) is 86.1 Å². The summed E-state index contributed by atoms with van der Waals surface area (Å²) >= 11 is 0. The van der Waals surface area contributed by atoms with Crippen LogP contribution in [0.25, 0.3) is 0 Å². The van der Waals surface area contributed by atoms with Crippen LogP contribution in [0.15, 0.2) is 112 Å². The maximum absolute atomic E-state index is 7.05. The highest BCUT2D eigenvalue weighted by Crippen LogP contribution is 2.60. The van der Waals surface area contributed by atoms with E-state index in [1.54, 1.807) is 5.56 Å². The third-order valence-electron chi connectivity index (χ3n) is 12.1. The van der Waals surface area contributed by atoms with Crippen molar-refractivity contribution in [2.75, 3.05) is 11.4 Å². The average Bonchev–Trinajstić information content (AvgIpc) is 3.64. The highest BCUT2D eigenvalue weighted by atomic mass is 16.5. The quantitative estimate of drug-likeness (QED) is 0.390. The largest absolute Gasteiger partial charge is 0.373 e. The zero-order valence-electron chi connectivity index (χ0n) is 25.4. The van der Waals surface area contributed by atoms with Gasteiger partial charge in [-0.15, -0.1) is 0 Å². The van der Waals surface area contributed by atoms with Crippen molar-refractivity contribution in [3.8, 4) is 0 Å². The van der Waals surface area contributed by atoms with Gasteiger partial charge in [-0.2, -0.15) is 0 Å². The molecule has 44 heavy (non-hydrogen) atoms. The minimum absolute atomic E-state index is 0.115. The predicted molar refractivity (Wildman–Crippen MR) is 177 cm³/mol. The number of ether oxygens (including phenoxy) is 1. The fourth-order valence-corrected chi connectivity index (χ4v) is 10.4. The number of allylic oxidation sites excluding steroid dienone is 5. The van der Waals surface area contributed by atoms with Gasteiger partial charge in [0.15, 0.2) is 0 Å². The third-order valence-corrected chi connectivity index (χ3v) is 12.1. The van der Waals surface area contributed by atoms with Crippen molar-refractivity contribution in [1.82, 2.24) is 5.32 Å². The van der Waals surface area contributed by atoms with Crippen molar-refractivity contribution in [3.63, 3.8) is 0 Å². The average molecular weight is 580 g/mol. The van der Waals surface area contributed by atoms with Crippen LogP contribution in [0.4, 0.5) is 5.69 Å². The summed E-state index contributed by atoms with van der Waals surface area (Å²) in [4.78, 5) is 7.89. The lowest BCUT2D eigenvalue weighted by molar-refractivity contribution is 0.0462. The first kappa shape index (κ1) is 25.7. The van der Waals surface area contributed by atoms with Crippen LogP contribution in [0.5, 0.6) is 0 Å². The molecule has 8 aliphatic rings. The first-order chi connectivity index (χ1) is 21.8. The van der Waals surface area contributed by atoms with Gasteiger partial charge in [-0.3, -0.25) is 4.99 Å². The second-order valence-electron chi connectivity index (χ2n) is 14.2. The molecule has 8 unspecified atom stereocenters. The van der Waals surface area contributed by atoms with Crippen molar-refractivity contribution in [2.24, 2.45) is 16.8 Å². The molecule has 2 fully saturated rings. The van der Waals surface area contributed by atoms with Crippen LogP contribution in [0.2, 0.25) is 0 Å². The predicted octanol–water partition coefficient (Wildman–Crippen LogP) is 8.19. The Morgan fingerprint density at radius 1 is 0.909 bits per heavy atom. The molecular formula is C40H41N3O. The van der Waals surface area contributed by atoms with Crippen LogP contribution < -0.4 is 10.2 Å². The molecular weight excluding hydrogens is 538 g/mol. The first-order valence-electron chi connectivity index (χ1n) is 17.3. The molecule has 1 N–H and O–H groups in total. The maximum Gasteiger partial charge on any atom is 0.0872 e. The Morgan fingerprint density at radius 3 is 2.73 bits per heavy atom. The Hall–Kier alpha value is -3.63. The zero-order chi connectivity index (χ0) is 28.8. The number of fused-ring (bicyclic) bond motifs is 10. The summed E-state index contributed by atoms with van der Waals surface area (Å²) in [6, 6.07) is 19.8. The van der Waals surface area contributed by atoms with Gasteiger partial charge in [-0.25, -0.2) is 0 Å². The molecule has 1 saturated heterocycles. The van der Waals surface area contributed by atoms with E-state index in [0.29, 0.717) is 29.8 Å².